The van der Waals surface area contributed by atoms with Gasteiger partial charge in [-0.1, -0.05) is 6.58 Å². The fraction of sp³-hybridized carbons (Fsp3) is 0.250. The van der Waals surface area contributed by atoms with Crippen LogP contribution in [-0.4, -0.2) is 30.1 Å². The van der Waals surface area contributed by atoms with Crippen LogP contribution in [0.3, 0.4) is 0 Å². The molecule has 1 heterocycles. The maximum atomic E-state index is 12.2. The molecule has 2 rings (SSSR count). The van der Waals surface area contributed by atoms with Crippen molar-refractivity contribution >= 4 is 34.9 Å². The smallest absolute Gasteiger partial charge is 0.311 e. The Morgan fingerprint density at radius 2 is 1.96 bits per heavy atom. The normalized spacial score (nSPS) is 13.8. The maximum absolute atomic E-state index is 12.2. The molecule has 0 saturated carbocycles. The van der Waals surface area contributed by atoms with Crippen LogP contribution in [0, 0.1) is 0 Å². The predicted molar refractivity (Wildman–Crippen MR) is 86.1 cm³/mol. The van der Waals surface area contributed by atoms with Crippen LogP contribution in [0.25, 0.3) is 0 Å². The van der Waals surface area contributed by atoms with E-state index in [9.17, 15) is 14.4 Å². The summed E-state index contributed by atoms with van der Waals surface area (Å²) in [5.74, 6) is -1.03. The Labute approximate surface area is 133 Å². The van der Waals surface area contributed by atoms with Gasteiger partial charge in [-0.3, -0.25) is 14.4 Å². The molecule has 0 aliphatic carbocycles. The summed E-state index contributed by atoms with van der Waals surface area (Å²) < 4.78 is 4.85. The number of hydrogen-bond acceptors (Lipinski definition) is 5. The standard InChI is InChI=1S/C16H17N3O4/c1-4-23-15(21)9-14-10(2)16(22)19(18-14)13-7-5-12(6-8-13)17-11(3)20/h5-8H,2,4,9H2,1,3H3,(H,17,20). The van der Waals surface area contributed by atoms with Crippen molar-refractivity contribution in [2.45, 2.75) is 20.3 Å². The van der Waals surface area contributed by atoms with E-state index in [0.29, 0.717) is 17.1 Å². The molecule has 0 unspecified atom stereocenters. The second kappa shape index (κ2) is 6.87. The first-order valence-corrected chi connectivity index (χ1v) is 7.07. The van der Waals surface area contributed by atoms with E-state index in [1.54, 1.807) is 31.2 Å². The summed E-state index contributed by atoms with van der Waals surface area (Å²) in [7, 11) is 0. The molecule has 120 valence electrons. The minimum Gasteiger partial charge on any atom is -0.466 e. The van der Waals surface area contributed by atoms with Gasteiger partial charge in [0.2, 0.25) is 5.91 Å². The lowest BCUT2D eigenvalue weighted by atomic mass is 10.1. The lowest BCUT2D eigenvalue weighted by Gasteiger charge is -2.12. The average molecular weight is 315 g/mol. The highest BCUT2D eigenvalue weighted by molar-refractivity contribution is 6.32. The monoisotopic (exact) mass is 315 g/mol. The van der Waals surface area contributed by atoms with E-state index in [2.05, 4.69) is 17.0 Å². The van der Waals surface area contributed by atoms with Crippen LogP contribution in [-0.2, 0) is 19.1 Å². The zero-order valence-electron chi connectivity index (χ0n) is 13.0. The highest BCUT2D eigenvalue weighted by Crippen LogP contribution is 2.25. The number of ether oxygens (including phenoxy) is 1. The molecular formula is C16H17N3O4. The zero-order valence-corrected chi connectivity index (χ0v) is 13.0. The number of nitrogens with zero attached hydrogens (tertiary/aromatic N) is 2. The summed E-state index contributed by atoms with van der Waals surface area (Å²) in [6, 6.07) is 6.61. The quantitative estimate of drug-likeness (QED) is 0.663. The third-order valence-electron chi connectivity index (χ3n) is 3.07. The number of nitrogens with one attached hydrogen (secondary N) is 1. The Hall–Kier alpha value is -2.96. The van der Waals surface area contributed by atoms with Crippen molar-refractivity contribution < 1.29 is 19.1 Å². The van der Waals surface area contributed by atoms with Crippen LogP contribution in [0.15, 0.2) is 41.5 Å². The molecule has 0 spiro atoms. The molecule has 0 fully saturated rings. The molecule has 0 bridgehead atoms. The van der Waals surface area contributed by atoms with Gasteiger partial charge in [-0.2, -0.15) is 10.1 Å². The minimum atomic E-state index is -0.456. The molecule has 0 radical (unpaired) electrons. The van der Waals surface area contributed by atoms with E-state index < -0.39 is 11.9 Å². The van der Waals surface area contributed by atoms with Crippen molar-refractivity contribution in [3.63, 3.8) is 0 Å². The molecule has 2 amide bonds. The van der Waals surface area contributed by atoms with Gasteiger partial charge in [0.1, 0.15) is 0 Å². The summed E-state index contributed by atoms with van der Waals surface area (Å²) in [4.78, 5) is 34.7. The van der Waals surface area contributed by atoms with Crippen molar-refractivity contribution in [1.82, 2.24) is 0 Å². The minimum absolute atomic E-state index is 0.0983. The fourth-order valence-corrected chi connectivity index (χ4v) is 2.03. The molecule has 7 nitrogen and oxygen atoms in total. The average Bonchev–Trinajstić information content (AvgIpc) is 2.76. The number of carbonyl (C=O) groups excluding carboxylic acids is 3. The van der Waals surface area contributed by atoms with Crippen LogP contribution in [0.5, 0.6) is 0 Å². The van der Waals surface area contributed by atoms with Crippen LogP contribution in [0.2, 0.25) is 0 Å². The summed E-state index contributed by atoms with van der Waals surface area (Å²) in [6.45, 7) is 7.06. The second-order valence-corrected chi connectivity index (χ2v) is 4.85. The third kappa shape index (κ3) is 3.82. The van der Waals surface area contributed by atoms with Crippen LogP contribution in [0.1, 0.15) is 20.3 Å². The van der Waals surface area contributed by atoms with Gasteiger partial charge in [-0.25, -0.2) is 0 Å². The van der Waals surface area contributed by atoms with Crippen LogP contribution >= 0.6 is 0 Å². The summed E-state index contributed by atoms with van der Waals surface area (Å²) in [6.07, 6.45) is -0.0983. The molecule has 7 heteroatoms. The van der Waals surface area contributed by atoms with Gasteiger partial charge in [0, 0.05) is 12.6 Å². The number of carbonyl (C=O) groups is 3. The summed E-state index contributed by atoms with van der Waals surface area (Å²) >= 11 is 0. The first-order chi connectivity index (χ1) is 10.9. The lowest BCUT2D eigenvalue weighted by Crippen LogP contribution is -2.21. The SMILES string of the molecule is C=C1C(=O)N(c2ccc(NC(C)=O)cc2)N=C1CC(=O)OCC. The number of hydrogen-bond donors (Lipinski definition) is 1. The van der Waals surface area contributed by atoms with Crippen molar-refractivity contribution in [1.29, 1.82) is 0 Å². The highest BCUT2D eigenvalue weighted by atomic mass is 16.5. The number of benzene rings is 1. The molecule has 1 aliphatic rings. The molecule has 1 aromatic carbocycles. The van der Waals surface area contributed by atoms with Crippen molar-refractivity contribution in [3.05, 3.63) is 36.4 Å². The first kappa shape index (κ1) is 16.4. The summed E-state index contributed by atoms with van der Waals surface area (Å²) in [5, 5.41) is 7.96. The highest BCUT2D eigenvalue weighted by Gasteiger charge is 2.30. The van der Waals surface area contributed by atoms with Gasteiger partial charge in [0.05, 0.1) is 30.0 Å². The van der Waals surface area contributed by atoms with Crippen molar-refractivity contribution in [3.8, 4) is 0 Å². The molecule has 0 aromatic heterocycles. The third-order valence-corrected chi connectivity index (χ3v) is 3.07. The number of hydrazone groups is 1. The summed E-state index contributed by atoms with van der Waals surface area (Å²) in [5.41, 5.74) is 1.59. The van der Waals surface area contributed by atoms with Crippen molar-refractivity contribution in [2.24, 2.45) is 5.10 Å². The topological polar surface area (TPSA) is 88.1 Å². The van der Waals surface area contributed by atoms with Crippen LogP contribution in [0.4, 0.5) is 11.4 Å². The Kier molecular flexibility index (Phi) is 4.90. The van der Waals surface area contributed by atoms with E-state index in [4.69, 9.17) is 4.74 Å². The van der Waals surface area contributed by atoms with Crippen LogP contribution < -0.4 is 10.3 Å². The van der Waals surface area contributed by atoms with E-state index in [1.165, 1.54) is 11.9 Å². The fourth-order valence-electron chi connectivity index (χ4n) is 2.03. The Bertz CT molecular complexity index is 692. The Balaban J connectivity index is 2.17. The van der Waals surface area contributed by atoms with Gasteiger partial charge in [0.25, 0.3) is 5.91 Å². The molecule has 0 saturated heterocycles. The van der Waals surface area contributed by atoms with E-state index in [-0.39, 0.29) is 24.5 Å². The number of rotatable bonds is 5. The zero-order chi connectivity index (χ0) is 17.0. The lowest BCUT2D eigenvalue weighted by molar-refractivity contribution is -0.141. The number of anilines is 2. The molecular weight excluding hydrogens is 298 g/mol. The Morgan fingerprint density at radius 1 is 1.30 bits per heavy atom. The Morgan fingerprint density at radius 3 is 2.52 bits per heavy atom. The molecule has 1 aliphatic heterocycles. The van der Waals surface area contributed by atoms with Gasteiger partial charge in [0.15, 0.2) is 0 Å². The van der Waals surface area contributed by atoms with E-state index in [1.807, 2.05) is 0 Å². The maximum Gasteiger partial charge on any atom is 0.311 e. The van der Waals surface area contributed by atoms with Gasteiger partial charge < -0.3 is 10.1 Å². The second-order valence-electron chi connectivity index (χ2n) is 4.85. The molecule has 1 N–H and O–H groups in total. The number of esters is 1. The van der Waals surface area contributed by atoms with Gasteiger partial charge in [-0.15, -0.1) is 0 Å². The van der Waals surface area contributed by atoms with Gasteiger partial charge in [-0.05, 0) is 31.2 Å². The van der Waals surface area contributed by atoms with Gasteiger partial charge >= 0.3 is 5.97 Å². The van der Waals surface area contributed by atoms with Crippen molar-refractivity contribution in [2.75, 3.05) is 16.9 Å². The molecule has 23 heavy (non-hydrogen) atoms. The first-order valence-electron chi connectivity index (χ1n) is 7.07. The molecule has 0 atom stereocenters. The number of amides is 2. The predicted octanol–water partition coefficient (Wildman–Crippen LogP) is 1.86. The van der Waals surface area contributed by atoms with E-state index in [0.717, 1.165) is 0 Å². The van der Waals surface area contributed by atoms with E-state index >= 15 is 0 Å². The largest absolute Gasteiger partial charge is 0.466 e. The molecule has 1 aromatic rings.